The highest BCUT2D eigenvalue weighted by molar-refractivity contribution is 9.11. The van der Waals surface area contributed by atoms with Gasteiger partial charge in [-0.1, -0.05) is 50.8 Å². The molecule has 0 bridgehead atoms. The predicted octanol–water partition coefficient (Wildman–Crippen LogP) is 5.38. The second-order valence-electron chi connectivity index (χ2n) is 4.15. The van der Waals surface area contributed by atoms with Gasteiger partial charge in [-0.3, -0.25) is 0 Å². The first-order chi connectivity index (χ1) is 8.13. The topological polar surface area (TPSA) is 20.2 Å². The number of aliphatic hydroxyl groups is 1. The van der Waals surface area contributed by atoms with Crippen molar-refractivity contribution >= 4 is 31.9 Å². The van der Waals surface area contributed by atoms with E-state index < -0.39 is 0 Å². The average Bonchev–Trinajstić information content (AvgIpc) is 2.27. The maximum atomic E-state index is 10.1. The molecule has 0 fully saturated rings. The monoisotopic (exact) mass is 360 g/mol. The number of hydrogen-bond acceptors (Lipinski definition) is 1. The average molecular weight is 362 g/mol. The first-order valence-electron chi connectivity index (χ1n) is 5.88. The van der Waals surface area contributed by atoms with Gasteiger partial charge in [0.25, 0.3) is 0 Å². The highest BCUT2D eigenvalue weighted by atomic mass is 79.9. The van der Waals surface area contributed by atoms with Crippen molar-refractivity contribution in [1.82, 2.24) is 0 Å². The summed E-state index contributed by atoms with van der Waals surface area (Å²) < 4.78 is 1.99. The van der Waals surface area contributed by atoms with Crippen LogP contribution in [0.5, 0.6) is 0 Å². The van der Waals surface area contributed by atoms with Crippen LogP contribution in [0.15, 0.2) is 39.8 Å². The number of unbranched alkanes of at least 4 members (excludes halogenated alkanes) is 3. The summed E-state index contributed by atoms with van der Waals surface area (Å²) in [5, 5.41) is 10.1. The Kier molecular flexibility index (Phi) is 7.09. The molecular formula is C14H18Br2O. The van der Waals surface area contributed by atoms with Gasteiger partial charge in [-0.15, -0.1) is 6.58 Å². The van der Waals surface area contributed by atoms with Crippen LogP contribution < -0.4 is 0 Å². The van der Waals surface area contributed by atoms with Crippen molar-refractivity contribution < 1.29 is 5.11 Å². The molecule has 0 aliphatic rings. The lowest BCUT2D eigenvalue weighted by Gasteiger charge is -2.11. The molecule has 0 heterocycles. The van der Waals surface area contributed by atoms with E-state index in [1.54, 1.807) is 0 Å². The number of allylic oxidation sites excluding steroid dienone is 1. The third-order valence-electron chi connectivity index (χ3n) is 2.66. The van der Waals surface area contributed by atoms with Crippen molar-refractivity contribution in [1.29, 1.82) is 0 Å². The van der Waals surface area contributed by atoms with E-state index in [0.29, 0.717) is 0 Å². The Balaban J connectivity index is 2.40. The van der Waals surface area contributed by atoms with E-state index in [1.807, 2.05) is 24.3 Å². The van der Waals surface area contributed by atoms with Crippen molar-refractivity contribution in [2.75, 3.05) is 0 Å². The number of halogens is 2. The summed E-state index contributed by atoms with van der Waals surface area (Å²) in [6, 6.07) is 5.92. The molecule has 94 valence electrons. The SMILES string of the molecule is C=CCCCCCC(O)c1cc(Br)cc(Br)c1. The molecule has 1 nitrogen and oxygen atoms in total. The van der Waals surface area contributed by atoms with Crippen molar-refractivity contribution in [3.63, 3.8) is 0 Å². The van der Waals surface area contributed by atoms with E-state index in [9.17, 15) is 5.11 Å². The third-order valence-corrected chi connectivity index (χ3v) is 3.57. The zero-order valence-corrected chi connectivity index (χ0v) is 13.0. The fraction of sp³-hybridized carbons (Fsp3) is 0.429. The van der Waals surface area contributed by atoms with E-state index >= 15 is 0 Å². The van der Waals surface area contributed by atoms with Crippen molar-refractivity contribution in [2.45, 2.75) is 38.2 Å². The van der Waals surface area contributed by atoms with Crippen LogP contribution in [0.2, 0.25) is 0 Å². The number of hydrogen-bond donors (Lipinski definition) is 1. The van der Waals surface area contributed by atoms with Gasteiger partial charge in [0.1, 0.15) is 0 Å². The van der Waals surface area contributed by atoms with Gasteiger partial charge in [0.05, 0.1) is 6.10 Å². The Morgan fingerprint density at radius 2 is 1.76 bits per heavy atom. The van der Waals surface area contributed by atoms with Gasteiger partial charge in [0.2, 0.25) is 0 Å². The third kappa shape index (κ3) is 5.84. The van der Waals surface area contributed by atoms with Gasteiger partial charge in [-0.2, -0.15) is 0 Å². The Morgan fingerprint density at radius 3 is 2.35 bits per heavy atom. The van der Waals surface area contributed by atoms with E-state index in [0.717, 1.165) is 40.2 Å². The molecule has 0 spiro atoms. The summed E-state index contributed by atoms with van der Waals surface area (Å²) in [4.78, 5) is 0. The highest BCUT2D eigenvalue weighted by Crippen LogP contribution is 2.27. The summed E-state index contributed by atoms with van der Waals surface area (Å²) in [6.45, 7) is 3.70. The zero-order chi connectivity index (χ0) is 12.7. The molecule has 0 aliphatic heterocycles. The molecule has 0 aromatic heterocycles. The molecule has 0 amide bonds. The molecular weight excluding hydrogens is 344 g/mol. The minimum atomic E-state index is -0.368. The molecule has 3 heteroatoms. The normalized spacial score (nSPS) is 12.4. The molecule has 1 aromatic carbocycles. The zero-order valence-electron chi connectivity index (χ0n) is 9.83. The number of rotatable bonds is 7. The summed E-state index contributed by atoms with van der Waals surface area (Å²) in [5.74, 6) is 0. The van der Waals surface area contributed by atoms with Gasteiger partial charge in [-0.05, 0) is 43.0 Å². The molecule has 0 saturated heterocycles. The van der Waals surface area contributed by atoms with Crippen molar-refractivity contribution in [3.8, 4) is 0 Å². The molecule has 0 aliphatic carbocycles. The molecule has 0 radical (unpaired) electrons. The van der Waals surface area contributed by atoms with Gasteiger partial charge in [0.15, 0.2) is 0 Å². The van der Waals surface area contributed by atoms with Crippen molar-refractivity contribution in [2.24, 2.45) is 0 Å². The number of aliphatic hydroxyl groups excluding tert-OH is 1. The molecule has 1 rings (SSSR count). The minimum Gasteiger partial charge on any atom is -0.388 e. The van der Waals surface area contributed by atoms with E-state index in [2.05, 4.69) is 38.4 Å². The highest BCUT2D eigenvalue weighted by Gasteiger charge is 2.08. The van der Waals surface area contributed by atoms with Crippen LogP contribution in [0.4, 0.5) is 0 Å². The molecule has 1 aromatic rings. The standard InChI is InChI=1S/C14H18Br2O/c1-2-3-4-5-6-7-14(17)11-8-12(15)10-13(16)9-11/h2,8-10,14,17H,1,3-7H2. The van der Waals surface area contributed by atoms with Gasteiger partial charge in [0, 0.05) is 8.95 Å². The van der Waals surface area contributed by atoms with Crippen LogP contribution in [0.25, 0.3) is 0 Å². The fourth-order valence-corrected chi connectivity index (χ4v) is 3.07. The Hall–Kier alpha value is -0.120. The van der Waals surface area contributed by atoms with E-state index in [4.69, 9.17) is 0 Å². The minimum absolute atomic E-state index is 0.368. The fourth-order valence-electron chi connectivity index (χ4n) is 1.74. The van der Waals surface area contributed by atoms with Crippen LogP contribution in [0, 0.1) is 0 Å². The Bertz CT molecular complexity index is 343. The summed E-state index contributed by atoms with van der Waals surface area (Å²) >= 11 is 6.86. The van der Waals surface area contributed by atoms with Gasteiger partial charge >= 0.3 is 0 Å². The number of benzene rings is 1. The lowest BCUT2D eigenvalue weighted by Crippen LogP contribution is -1.97. The van der Waals surface area contributed by atoms with E-state index in [-0.39, 0.29) is 6.10 Å². The largest absolute Gasteiger partial charge is 0.388 e. The maximum Gasteiger partial charge on any atom is 0.0790 e. The molecule has 0 saturated carbocycles. The quantitative estimate of drug-likeness (QED) is 0.510. The molecule has 1 atom stereocenters. The van der Waals surface area contributed by atoms with Gasteiger partial charge in [-0.25, -0.2) is 0 Å². The van der Waals surface area contributed by atoms with Crippen LogP contribution in [-0.4, -0.2) is 5.11 Å². The second kappa shape index (κ2) is 8.06. The van der Waals surface area contributed by atoms with Crippen LogP contribution in [-0.2, 0) is 0 Å². The second-order valence-corrected chi connectivity index (χ2v) is 5.98. The molecule has 1 N–H and O–H groups in total. The van der Waals surface area contributed by atoms with Crippen molar-refractivity contribution in [3.05, 3.63) is 45.4 Å². The first kappa shape index (κ1) is 14.9. The summed E-state index contributed by atoms with van der Waals surface area (Å²) in [6.07, 6.45) is 6.84. The van der Waals surface area contributed by atoms with Crippen LogP contribution in [0.1, 0.15) is 43.8 Å². The maximum absolute atomic E-state index is 10.1. The summed E-state index contributed by atoms with van der Waals surface area (Å²) in [5.41, 5.74) is 0.968. The van der Waals surface area contributed by atoms with Crippen LogP contribution in [0.3, 0.4) is 0 Å². The lowest BCUT2D eigenvalue weighted by atomic mass is 10.0. The molecule has 17 heavy (non-hydrogen) atoms. The summed E-state index contributed by atoms with van der Waals surface area (Å²) in [7, 11) is 0. The van der Waals surface area contributed by atoms with E-state index in [1.165, 1.54) is 6.42 Å². The van der Waals surface area contributed by atoms with Crippen LogP contribution >= 0.6 is 31.9 Å². The smallest absolute Gasteiger partial charge is 0.0790 e. The molecule has 1 unspecified atom stereocenters. The lowest BCUT2D eigenvalue weighted by molar-refractivity contribution is 0.163. The Labute approximate surface area is 120 Å². The first-order valence-corrected chi connectivity index (χ1v) is 7.47. The Morgan fingerprint density at radius 1 is 1.12 bits per heavy atom. The predicted molar refractivity (Wildman–Crippen MR) is 80.1 cm³/mol. The van der Waals surface area contributed by atoms with Gasteiger partial charge < -0.3 is 5.11 Å².